The first-order chi connectivity index (χ1) is 15.7. The highest BCUT2D eigenvalue weighted by Gasteiger charge is 2.28. The van der Waals surface area contributed by atoms with E-state index in [4.69, 9.17) is 4.74 Å². The summed E-state index contributed by atoms with van der Waals surface area (Å²) in [5, 5.41) is 4.15. The van der Waals surface area contributed by atoms with Crippen LogP contribution in [0.1, 0.15) is 23.6 Å². The molecular formula is C25H27N3O4S. The zero-order valence-electron chi connectivity index (χ0n) is 19.1. The quantitative estimate of drug-likeness (QED) is 0.402. The van der Waals surface area contributed by atoms with Crippen LogP contribution in [0.5, 0.6) is 5.75 Å². The molecule has 3 aromatic rings. The highest BCUT2D eigenvalue weighted by Crippen LogP contribution is 2.27. The zero-order chi connectivity index (χ0) is 24.0. The molecule has 0 aromatic heterocycles. The number of carbonyl (C=O) groups excluding carboxylic acids is 1. The smallest absolute Gasteiger partial charge is 0.264 e. The van der Waals surface area contributed by atoms with E-state index in [0.717, 1.165) is 21.0 Å². The standard InChI is InChI=1S/C25H27N3O4S/c1-18-10-11-19(2)24(16-18)28(33(30,31)23-8-6-5-7-9-23)17-25(29)27-26-20(3)21-12-14-22(32-4)15-13-21/h5-16H,17H2,1-4H3,(H,27,29)/b26-20-. The van der Waals surface area contributed by atoms with Gasteiger partial charge in [0.25, 0.3) is 15.9 Å². The summed E-state index contributed by atoms with van der Waals surface area (Å²) >= 11 is 0. The monoisotopic (exact) mass is 465 g/mol. The van der Waals surface area contributed by atoms with Crippen LogP contribution in [0.3, 0.4) is 0 Å². The van der Waals surface area contributed by atoms with E-state index in [2.05, 4.69) is 10.5 Å². The van der Waals surface area contributed by atoms with Gasteiger partial charge in [0.15, 0.2) is 0 Å². The Morgan fingerprint density at radius 1 is 1.00 bits per heavy atom. The highest BCUT2D eigenvalue weighted by molar-refractivity contribution is 7.92. The Kier molecular flexibility index (Phi) is 7.50. The predicted octanol–water partition coefficient (Wildman–Crippen LogP) is 4.05. The minimum absolute atomic E-state index is 0.108. The average molecular weight is 466 g/mol. The van der Waals surface area contributed by atoms with Gasteiger partial charge in [-0.1, -0.05) is 30.3 Å². The largest absolute Gasteiger partial charge is 0.497 e. The maximum Gasteiger partial charge on any atom is 0.264 e. The fourth-order valence-electron chi connectivity index (χ4n) is 3.22. The molecule has 1 amide bonds. The van der Waals surface area contributed by atoms with Gasteiger partial charge in [-0.2, -0.15) is 5.10 Å². The van der Waals surface area contributed by atoms with E-state index in [1.165, 1.54) is 12.1 Å². The number of nitrogens with one attached hydrogen (secondary N) is 1. The number of sulfonamides is 1. The van der Waals surface area contributed by atoms with E-state index in [0.29, 0.717) is 17.1 Å². The number of amides is 1. The molecule has 0 aliphatic rings. The number of hydrazone groups is 1. The number of carbonyl (C=O) groups is 1. The summed E-state index contributed by atoms with van der Waals surface area (Å²) < 4.78 is 33.2. The third-order valence-corrected chi connectivity index (χ3v) is 6.88. The first kappa shape index (κ1) is 24.0. The lowest BCUT2D eigenvalue weighted by molar-refractivity contribution is -0.119. The van der Waals surface area contributed by atoms with Crippen LogP contribution in [0.15, 0.2) is 82.8 Å². The Bertz CT molecular complexity index is 1250. The van der Waals surface area contributed by atoms with Gasteiger partial charge in [-0.25, -0.2) is 13.8 Å². The third-order valence-electron chi connectivity index (χ3n) is 5.11. The van der Waals surface area contributed by atoms with Gasteiger partial charge < -0.3 is 4.74 Å². The van der Waals surface area contributed by atoms with Crippen molar-refractivity contribution in [2.75, 3.05) is 18.0 Å². The summed E-state index contributed by atoms with van der Waals surface area (Å²) in [7, 11) is -2.39. The van der Waals surface area contributed by atoms with Gasteiger partial charge in [0.1, 0.15) is 12.3 Å². The molecule has 0 radical (unpaired) electrons. The van der Waals surface area contributed by atoms with Crippen molar-refractivity contribution in [2.45, 2.75) is 25.7 Å². The minimum atomic E-state index is -3.98. The van der Waals surface area contributed by atoms with E-state index in [9.17, 15) is 13.2 Å². The van der Waals surface area contributed by atoms with E-state index < -0.39 is 22.5 Å². The number of methoxy groups -OCH3 is 1. The van der Waals surface area contributed by atoms with Gasteiger partial charge in [-0.15, -0.1) is 0 Å². The molecule has 0 aliphatic carbocycles. The molecule has 0 spiro atoms. The summed E-state index contributed by atoms with van der Waals surface area (Å²) in [5.41, 5.74) is 5.94. The van der Waals surface area contributed by atoms with Crippen LogP contribution in [0, 0.1) is 13.8 Å². The fraction of sp³-hybridized carbons (Fsp3) is 0.200. The van der Waals surface area contributed by atoms with E-state index in [-0.39, 0.29) is 4.90 Å². The minimum Gasteiger partial charge on any atom is -0.497 e. The Balaban J connectivity index is 1.88. The van der Waals surface area contributed by atoms with Crippen LogP contribution in [-0.4, -0.2) is 33.7 Å². The molecule has 0 atom stereocenters. The van der Waals surface area contributed by atoms with E-state index in [1.54, 1.807) is 50.4 Å². The van der Waals surface area contributed by atoms with E-state index in [1.807, 2.05) is 38.1 Å². The van der Waals surface area contributed by atoms with Gasteiger partial charge in [-0.05, 0) is 79.9 Å². The molecule has 7 nitrogen and oxygen atoms in total. The summed E-state index contributed by atoms with van der Waals surface area (Å²) in [6.45, 7) is 5.02. The normalized spacial score (nSPS) is 11.7. The van der Waals surface area contributed by atoms with Crippen LogP contribution >= 0.6 is 0 Å². The molecular weight excluding hydrogens is 438 g/mol. The number of aryl methyl sites for hydroxylation is 2. The number of hydrogen-bond acceptors (Lipinski definition) is 5. The van der Waals surface area contributed by atoms with Gasteiger partial charge >= 0.3 is 0 Å². The van der Waals surface area contributed by atoms with Gasteiger partial charge in [-0.3, -0.25) is 9.10 Å². The highest BCUT2D eigenvalue weighted by atomic mass is 32.2. The van der Waals surface area contributed by atoms with Crippen molar-refractivity contribution in [3.05, 3.63) is 89.5 Å². The number of anilines is 1. The van der Waals surface area contributed by atoms with Gasteiger partial charge in [0, 0.05) is 0 Å². The molecule has 3 aromatic carbocycles. The maximum absolute atomic E-state index is 13.5. The molecule has 1 N–H and O–H groups in total. The lowest BCUT2D eigenvalue weighted by Gasteiger charge is -2.25. The van der Waals surface area contributed by atoms with Crippen LogP contribution < -0.4 is 14.5 Å². The molecule has 33 heavy (non-hydrogen) atoms. The van der Waals surface area contributed by atoms with Crippen molar-refractivity contribution < 1.29 is 17.9 Å². The van der Waals surface area contributed by atoms with E-state index >= 15 is 0 Å². The molecule has 0 fully saturated rings. The number of rotatable bonds is 8. The topological polar surface area (TPSA) is 88.1 Å². The summed E-state index contributed by atoms with van der Waals surface area (Å²) in [5.74, 6) is 0.161. The van der Waals surface area contributed by atoms with Crippen molar-refractivity contribution in [1.29, 1.82) is 0 Å². The molecule has 0 bridgehead atoms. The summed E-state index contributed by atoms with van der Waals surface area (Å²) in [6.07, 6.45) is 0. The molecule has 0 aliphatic heterocycles. The predicted molar refractivity (Wildman–Crippen MR) is 130 cm³/mol. The van der Waals surface area contributed by atoms with Crippen molar-refractivity contribution >= 4 is 27.3 Å². The van der Waals surface area contributed by atoms with Crippen LogP contribution in [0.4, 0.5) is 5.69 Å². The Morgan fingerprint density at radius 2 is 1.67 bits per heavy atom. The lowest BCUT2D eigenvalue weighted by atomic mass is 10.1. The average Bonchev–Trinajstić information content (AvgIpc) is 2.83. The third kappa shape index (κ3) is 5.78. The zero-order valence-corrected chi connectivity index (χ0v) is 19.9. The van der Waals surface area contributed by atoms with Crippen LogP contribution in [0.25, 0.3) is 0 Å². The molecule has 0 heterocycles. The molecule has 0 saturated carbocycles. The van der Waals surface area contributed by atoms with Gasteiger partial charge in [0.05, 0.1) is 23.4 Å². The van der Waals surface area contributed by atoms with Crippen molar-refractivity contribution in [1.82, 2.24) is 5.43 Å². The molecule has 0 unspecified atom stereocenters. The lowest BCUT2D eigenvalue weighted by Crippen LogP contribution is -2.40. The summed E-state index contributed by atoms with van der Waals surface area (Å²) in [4.78, 5) is 12.9. The molecule has 0 saturated heterocycles. The summed E-state index contributed by atoms with van der Waals surface area (Å²) in [6, 6.07) is 20.8. The van der Waals surface area contributed by atoms with Gasteiger partial charge in [0.2, 0.25) is 0 Å². The van der Waals surface area contributed by atoms with Crippen molar-refractivity contribution in [3.63, 3.8) is 0 Å². The van der Waals surface area contributed by atoms with Crippen LogP contribution in [0.2, 0.25) is 0 Å². The fourth-order valence-corrected chi connectivity index (χ4v) is 4.71. The molecule has 3 rings (SSSR count). The van der Waals surface area contributed by atoms with Crippen LogP contribution in [-0.2, 0) is 14.8 Å². The Morgan fingerprint density at radius 3 is 2.30 bits per heavy atom. The number of benzene rings is 3. The van der Waals surface area contributed by atoms with Crippen molar-refractivity contribution in [2.24, 2.45) is 5.10 Å². The second-order valence-electron chi connectivity index (χ2n) is 7.58. The second kappa shape index (κ2) is 10.3. The second-order valence-corrected chi connectivity index (χ2v) is 9.44. The SMILES string of the molecule is COc1ccc(/C(C)=N\NC(=O)CN(c2cc(C)ccc2C)S(=O)(=O)c2ccccc2)cc1. The number of ether oxygens (including phenoxy) is 1. The first-order valence-corrected chi connectivity index (χ1v) is 11.8. The number of hydrogen-bond donors (Lipinski definition) is 1. The first-order valence-electron chi connectivity index (χ1n) is 10.3. The molecule has 8 heteroatoms. The van der Waals surface area contributed by atoms with Crippen molar-refractivity contribution in [3.8, 4) is 5.75 Å². The Hall–Kier alpha value is -3.65. The maximum atomic E-state index is 13.5. The molecule has 172 valence electrons. The Labute approximate surface area is 194 Å². The number of nitrogens with zero attached hydrogens (tertiary/aromatic N) is 2.